The molecule has 1 saturated heterocycles. The average Bonchev–Trinajstić information content (AvgIpc) is 3.37. The van der Waals surface area contributed by atoms with Gasteiger partial charge in [-0.05, 0) is 43.7 Å². The first-order valence-corrected chi connectivity index (χ1v) is 15.5. The maximum Gasteiger partial charge on any atom is 0.408 e. The van der Waals surface area contributed by atoms with Crippen LogP contribution >= 0.6 is 0 Å². The van der Waals surface area contributed by atoms with Gasteiger partial charge in [0.25, 0.3) is 0 Å². The normalized spacial score (nSPS) is 23.8. The highest BCUT2D eigenvalue weighted by Crippen LogP contribution is 2.45. The van der Waals surface area contributed by atoms with Crippen molar-refractivity contribution in [3.8, 4) is 11.1 Å². The van der Waals surface area contributed by atoms with Gasteiger partial charge in [0, 0.05) is 23.5 Å². The number of fused-ring (bicyclic) bond motifs is 3. The van der Waals surface area contributed by atoms with E-state index in [1.54, 1.807) is 41.5 Å². The summed E-state index contributed by atoms with van der Waals surface area (Å²) in [5.74, 6) is -2.75. The van der Waals surface area contributed by atoms with Crippen LogP contribution in [0.3, 0.4) is 0 Å². The number of carboxylic acids is 1. The highest BCUT2D eigenvalue weighted by molar-refractivity contribution is 6.24. The third kappa shape index (κ3) is 6.36. The molecule has 0 radical (unpaired) electrons. The second-order valence-electron chi connectivity index (χ2n) is 14.3. The van der Waals surface area contributed by atoms with E-state index in [0.717, 1.165) is 22.3 Å². The van der Waals surface area contributed by atoms with Gasteiger partial charge in [0.2, 0.25) is 11.8 Å². The lowest BCUT2D eigenvalue weighted by molar-refractivity contribution is -0.146. The quantitative estimate of drug-likeness (QED) is 0.246. The number of amides is 3. The molecule has 11 heteroatoms. The molecule has 0 spiro atoms. The summed E-state index contributed by atoms with van der Waals surface area (Å²) in [5.41, 5.74) is 1.48. The summed E-state index contributed by atoms with van der Waals surface area (Å²) in [6.45, 7) is 14.2. The zero-order valence-electron chi connectivity index (χ0n) is 27.1. The van der Waals surface area contributed by atoms with Gasteiger partial charge in [-0.2, -0.15) is 0 Å². The molecule has 0 unspecified atom stereocenters. The van der Waals surface area contributed by atoms with Crippen LogP contribution in [0.15, 0.2) is 66.3 Å². The van der Waals surface area contributed by atoms with Crippen molar-refractivity contribution in [2.45, 2.75) is 83.7 Å². The van der Waals surface area contributed by atoms with Crippen LogP contribution in [0.2, 0.25) is 0 Å². The lowest BCUT2D eigenvalue weighted by Gasteiger charge is -2.35. The Kier molecular flexibility index (Phi) is 8.48. The SMILES string of the molecule is C=C[C@@H]1C[C@@]1(NC(=O)[C@@H]1C[C@@H](ON=C2c3ccccc3-c3ccccc32)CN1C(=O)[C@@H](NC(=O)OC(C)(C)C)C(C)(C)C)C(=O)O. The maximum atomic E-state index is 14.2. The summed E-state index contributed by atoms with van der Waals surface area (Å²) in [6.07, 6.45) is 0.316. The van der Waals surface area contributed by atoms with Crippen LogP contribution in [0.1, 0.15) is 65.5 Å². The number of hydrogen-bond donors (Lipinski definition) is 3. The van der Waals surface area contributed by atoms with Crippen LogP contribution in [0, 0.1) is 11.3 Å². The molecule has 5 atom stereocenters. The lowest BCUT2D eigenvalue weighted by atomic mass is 9.85. The van der Waals surface area contributed by atoms with E-state index in [-0.39, 0.29) is 19.4 Å². The Morgan fingerprint density at radius 3 is 2.04 bits per heavy atom. The molecule has 1 aliphatic heterocycles. The Labute approximate surface area is 269 Å². The first-order valence-electron chi connectivity index (χ1n) is 15.5. The first kappa shape index (κ1) is 32.7. The predicted molar refractivity (Wildman–Crippen MR) is 172 cm³/mol. The van der Waals surface area contributed by atoms with Gasteiger partial charge >= 0.3 is 12.1 Å². The fourth-order valence-corrected chi connectivity index (χ4v) is 6.14. The van der Waals surface area contributed by atoms with Crippen molar-refractivity contribution in [2.75, 3.05) is 6.54 Å². The average molecular weight is 631 g/mol. The number of benzene rings is 2. The molecule has 3 aliphatic rings. The highest BCUT2D eigenvalue weighted by Gasteiger charge is 2.61. The number of nitrogens with one attached hydrogen (secondary N) is 2. The summed E-state index contributed by atoms with van der Waals surface area (Å²) in [4.78, 5) is 60.4. The van der Waals surface area contributed by atoms with Gasteiger partial charge in [-0.3, -0.25) is 9.59 Å². The van der Waals surface area contributed by atoms with Crippen molar-refractivity contribution in [2.24, 2.45) is 16.5 Å². The molecule has 0 aromatic heterocycles. The molecule has 1 heterocycles. The second kappa shape index (κ2) is 11.9. The Morgan fingerprint density at radius 2 is 1.57 bits per heavy atom. The fraction of sp³-hybridized carbons (Fsp3) is 0.457. The number of hydrogen-bond acceptors (Lipinski definition) is 7. The number of likely N-dealkylation sites (tertiary alicyclic amines) is 1. The minimum atomic E-state index is -1.48. The molecular formula is C35H42N4O7. The number of ether oxygens (including phenoxy) is 1. The third-order valence-electron chi connectivity index (χ3n) is 8.60. The molecule has 2 fully saturated rings. The molecule has 46 heavy (non-hydrogen) atoms. The zero-order chi connectivity index (χ0) is 33.6. The van der Waals surface area contributed by atoms with Crippen molar-refractivity contribution in [3.63, 3.8) is 0 Å². The summed E-state index contributed by atoms with van der Waals surface area (Å²) >= 11 is 0. The van der Waals surface area contributed by atoms with Crippen LogP contribution in [0.25, 0.3) is 11.1 Å². The standard InChI is InChI=1S/C35H42N4O7/c1-8-20-18-35(20,31(42)43)37-29(40)26-17-21(19-39(26)30(41)28(33(2,3)4)36-32(44)45-34(5,6)7)46-38-27-24-15-11-9-13-22(24)23-14-10-12-16-25(23)27/h8-16,20-21,26,28H,1,17-19H2,2-7H3,(H,36,44)(H,37,40)(H,42,43)/t20-,21-,26+,28-,35+/m1/s1. The Hall–Kier alpha value is -4.67. The van der Waals surface area contributed by atoms with Crippen LogP contribution in [0.5, 0.6) is 0 Å². The van der Waals surface area contributed by atoms with Gasteiger partial charge in [0.15, 0.2) is 0 Å². The smallest absolute Gasteiger partial charge is 0.408 e. The molecule has 2 aliphatic carbocycles. The number of carbonyl (C=O) groups excluding carboxylic acids is 3. The van der Waals surface area contributed by atoms with E-state index in [9.17, 15) is 24.3 Å². The number of carboxylic acid groups (broad SMARTS) is 1. The van der Waals surface area contributed by atoms with Gasteiger partial charge in [0.1, 0.15) is 35.0 Å². The number of nitrogens with zero attached hydrogens (tertiary/aromatic N) is 2. The van der Waals surface area contributed by atoms with E-state index < -0.39 is 64.5 Å². The lowest BCUT2D eigenvalue weighted by Crippen LogP contribution is -2.59. The number of carbonyl (C=O) groups is 4. The van der Waals surface area contributed by atoms with Crippen molar-refractivity contribution in [3.05, 3.63) is 72.3 Å². The van der Waals surface area contributed by atoms with Crippen molar-refractivity contribution in [1.29, 1.82) is 0 Å². The van der Waals surface area contributed by atoms with E-state index in [1.807, 2.05) is 48.5 Å². The summed E-state index contributed by atoms with van der Waals surface area (Å²) < 4.78 is 5.43. The molecule has 244 valence electrons. The van der Waals surface area contributed by atoms with Crippen molar-refractivity contribution in [1.82, 2.24) is 15.5 Å². The topological polar surface area (TPSA) is 147 Å². The molecule has 3 amide bonds. The second-order valence-corrected chi connectivity index (χ2v) is 14.3. The first-order chi connectivity index (χ1) is 21.6. The molecule has 2 aromatic rings. The Balaban J connectivity index is 1.44. The predicted octanol–water partition coefficient (Wildman–Crippen LogP) is 4.49. The van der Waals surface area contributed by atoms with Gasteiger partial charge in [-0.15, -0.1) is 6.58 Å². The van der Waals surface area contributed by atoms with E-state index >= 15 is 0 Å². The monoisotopic (exact) mass is 630 g/mol. The van der Waals surface area contributed by atoms with E-state index in [4.69, 9.17) is 9.57 Å². The van der Waals surface area contributed by atoms with Crippen LogP contribution in [-0.4, -0.2) is 75.5 Å². The molecule has 5 rings (SSSR count). The van der Waals surface area contributed by atoms with Gasteiger partial charge in [0.05, 0.1) is 6.54 Å². The maximum absolute atomic E-state index is 14.2. The summed E-state index contributed by atoms with van der Waals surface area (Å²) in [5, 5.41) is 19.9. The molecule has 0 bridgehead atoms. The van der Waals surface area contributed by atoms with Crippen LogP contribution in [0.4, 0.5) is 4.79 Å². The summed E-state index contributed by atoms with van der Waals surface area (Å²) in [6, 6.07) is 13.6. The number of oxime groups is 1. The molecule has 3 N–H and O–H groups in total. The minimum Gasteiger partial charge on any atom is -0.479 e. The van der Waals surface area contributed by atoms with E-state index in [1.165, 1.54) is 11.0 Å². The van der Waals surface area contributed by atoms with E-state index in [2.05, 4.69) is 22.4 Å². The Morgan fingerprint density at radius 1 is 1.00 bits per heavy atom. The fourth-order valence-electron chi connectivity index (χ4n) is 6.14. The number of rotatable bonds is 8. The molecular weight excluding hydrogens is 588 g/mol. The van der Waals surface area contributed by atoms with Crippen LogP contribution < -0.4 is 10.6 Å². The minimum absolute atomic E-state index is 0.00939. The Bertz CT molecular complexity index is 1560. The number of alkyl carbamates (subject to hydrolysis) is 1. The highest BCUT2D eigenvalue weighted by atomic mass is 16.6. The van der Waals surface area contributed by atoms with Gasteiger partial charge in [-0.1, -0.05) is 80.5 Å². The molecule has 1 saturated carbocycles. The van der Waals surface area contributed by atoms with Crippen LogP contribution in [-0.2, 0) is 24.0 Å². The third-order valence-corrected chi connectivity index (χ3v) is 8.60. The van der Waals surface area contributed by atoms with Crippen molar-refractivity contribution >= 4 is 29.6 Å². The molecule has 2 aromatic carbocycles. The summed E-state index contributed by atoms with van der Waals surface area (Å²) in [7, 11) is 0. The van der Waals surface area contributed by atoms with E-state index in [0.29, 0.717) is 5.71 Å². The zero-order valence-corrected chi connectivity index (χ0v) is 27.1. The van der Waals surface area contributed by atoms with Gasteiger partial charge < -0.3 is 30.2 Å². The number of aliphatic carboxylic acids is 1. The van der Waals surface area contributed by atoms with Gasteiger partial charge in [-0.25, -0.2) is 9.59 Å². The largest absolute Gasteiger partial charge is 0.479 e. The molecule has 11 nitrogen and oxygen atoms in total. The van der Waals surface area contributed by atoms with Crippen molar-refractivity contribution < 1.29 is 33.9 Å².